The van der Waals surface area contributed by atoms with Gasteiger partial charge in [0.1, 0.15) is 17.4 Å². The van der Waals surface area contributed by atoms with E-state index in [1.54, 1.807) is 0 Å². The Morgan fingerprint density at radius 1 is 1.03 bits per heavy atom. The number of fused-ring (bicyclic) bond motifs is 1. The molecule has 0 bridgehead atoms. The van der Waals surface area contributed by atoms with Crippen LogP contribution in [0, 0.1) is 11.6 Å². The van der Waals surface area contributed by atoms with E-state index in [2.05, 4.69) is 10.6 Å². The smallest absolute Gasteiger partial charge is 0.255 e. The van der Waals surface area contributed by atoms with E-state index in [0.717, 1.165) is 12.1 Å². The average molecular weight is 449 g/mol. The molecule has 3 aromatic rings. The van der Waals surface area contributed by atoms with Crippen molar-refractivity contribution in [2.24, 2.45) is 0 Å². The van der Waals surface area contributed by atoms with E-state index < -0.39 is 29.5 Å². The van der Waals surface area contributed by atoms with Crippen LogP contribution in [-0.4, -0.2) is 16.9 Å². The highest BCUT2D eigenvalue weighted by molar-refractivity contribution is 6.31. The Morgan fingerprint density at radius 2 is 1.80 bits per heavy atom. The summed E-state index contributed by atoms with van der Waals surface area (Å²) in [6.45, 7) is 0. The number of carbonyl (C=O) groups excluding carboxylic acids is 2. The van der Waals surface area contributed by atoms with Crippen LogP contribution in [0.15, 0.2) is 48.5 Å². The molecule has 1 atom stereocenters. The third-order valence-corrected chi connectivity index (χ3v) is 5.18. The number of rotatable bonds is 3. The van der Waals surface area contributed by atoms with Crippen LogP contribution in [0.4, 0.5) is 14.5 Å². The van der Waals surface area contributed by atoms with Gasteiger partial charge in [0.2, 0.25) is 0 Å². The van der Waals surface area contributed by atoms with Gasteiger partial charge in [-0.05, 0) is 42.5 Å². The van der Waals surface area contributed by atoms with E-state index >= 15 is 0 Å². The molecule has 30 heavy (non-hydrogen) atoms. The maximum Gasteiger partial charge on any atom is 0.255 e. The van der Waals surface area contributed by atoms with Crippen molar-refractivity contribution < 1.29 is 23.5 Å². The van der Waals surface area contributed by atoms with Gasteiger partial charge in [0.05, 0.1) is 17.3 Å². The highest BCUT2D eigenvalue weighted by Crippen LogP contribution is 2.41. The number of amides is 2. The zero-order chi connectivity index (χ0) is 21.6. The fourth-order valence-corrected chi connectivity index (χ4v) is 3.82. The minimum atomic E-state index is -0.873. The molecule has 0 aromatic heterocycles. The van der Waals surface area contributed by atoms with Gasteiger partial charge < -0.3 is 15.7 Å². The summed E-state index contributed by atoms with van der Waals surface area (Å²) in [6.07, 6.45) is 0. The van der Waals surface area contributed by atoms with Crippen molar-refractivity contribution in [2.45, 2.75) is 6.04 Å². The number of phenolic OH excluding ortho intramolecular Hbond substituents is 1. The average Bonchev–Trinajstić information content (AvgIpc) is 2.99. The summed E-state index contributed by atoms with van der Waals surface area (Å²) < 4.78 is 27.4. The van der Waals surface area contributed by atoms with E-state index in [9.17, 15) is 23.5 Å². The molecule has 0 fully saturated rings. The van der Waals surface area contributed by atoms with Crippen LogP contribution in [-0.2, 0) is 0 Å². The topological polar surface area (TPSA) is 78.4 Å². The molecule has 0 saturated carbocycles. The lowest BCUT2D eigenvalue weighted by molar-refractivity contribution is 0.0959. The quantitative estimate of drug-likeness (QED) is 0.523. The fourth-order valence-electron chi connectivity index (χ4n) is 3.37. The van der Waals surface area contributed by atoms with E-state index in [1.807, 2.05) is 0 Å². The predicted molar refractivity (Wildman–Crippen MR) is 108 cm³/mol. The number of nitrogens with one attached hydrogen (secondary N) is 2. The van der Waals surface area contributed by atoms with Crippen LogP contribution < -0.4 is 10.6 Å². The van der Waals surface area contributed by atoms with Crippen LogP contribution in [0.2, 0.25) is 10.0 Å². The summed E-state index contributed by atoms with van der Waals surface area (Å²) in [5.74, 6) is -2.78. The lowest BCUT2D eigenvalue weighted by atomic mass is 9.96. The lowest BCUT2D eigenvalue weighted by Gasteiger charge is -2.18. The van der Waals surface area contributed by atoms with Gasteiger partial charge in [0, 0.05) is 32.8 Å². The van der Waals surface area contributed by atoms with Crippen molar-refractivity contribution in [3.05, 3.63) is 92.5 Å². The van der Waals surface area contributed by atoms with Gasteiger partial charge >= 0.3 is 0 Å². The van der Waals surface area contributed by atoms with Crippen molar-refractivity contribution in [1.29, 1.82) is 0 Å². The van der Waals surface area contributed by atoms with Gasteiger partial charge in [-0.1, -0.05) is 23.2 Å². The molecule has 9 heteroatoms. The number of hydrogen-bond acceptors (Lipinski definition) is 3. The van der Waals surface area contributed by atoms with Gasteiger partial charge in [0.25, 0.3) is 11.8 Å². The molecule has 2 amide bonds. The number of carbonyl (C=O) groups is 2. The molecule has 5 nitrogen and oxygen atoms in total. The third-order valence-electron chi connectivity index (χ3n) is 4.62. The maximum absolute atomic E-state index is 13.8. The van der Waals surface area contributed by atoms with Crippen molar-refractivity contribution in [3.8, 4) is 5.75 Å². The lowest BCUT2D eigenvalue weighted by Crippen LogP contribution is -2.21. The number of halogens is 4. The SMILES string of the molecule is O=C(Nc1cc(O)cc2c1C(c1cc(F)ccc1Cl)NC2=O)c1cc(F)cc(Cl)c1. The normalized spacial score (nSPS) is 14.9. The maximum atomic E-state index is 13.8. The number of benzene rings is 3. The Hall–Kier alpha value is -3.16. The molecule has 0 aliphatic carbocycles. The van der Waals surface area contributed by atoms with Crippen LogP contribution in [0.3, 0.4) is 0 Å². The first kappa shape index (κ1) is 20.1. The molecule has 1 aliphatic rings. The van der Waals surface area contributed by atoms with Crippen molar-refractivity contribution in [3.63, 3.8) is 0 Å². The zero-order valence-electron chi connectivity index (χ0n) is 15.0. The summed E-state index contributed by atoms with van der Waals surface area (Å²) in [5.41, 5.74) is 0.682. The molecule has 1 unspecified atom stereocenters. The van der Waals surface area contributed by atoms with E-state index in [1.165, 1.54) is 36.4 Å². The minimum absolute atomic E-state index is 0.0301. The van der Waals surface area contributed by atoms with Gasteiger partial charge in [-0.2, -0.15) is 0 Å². The monoisotopic (exact) mass is 448 g/mol. The Bertz CT molecular complexity index is 1200. The Morgan fingerprint density at radius 3 is 2.53 bits per heavy atom. The molecule has 3 aromatic carbocycles. The molecule has 4 rings (SSSR count). The van der Waals surface area contributed by atoms with Gasteiger partial charge in [-0.3, -0.25) is 9.59 Å². The highest BCUT2D eigenvalue weighted by Gasteiger charge is 2.35. The number of hydrogen-bond donors (Lipinski definition) is 3. The first-order valence-corrected chi connectivity index (χ1v) is 9.38. The van der Waals surface area contributed by atoms with Crippen LogP contribution in [0.5, 0.6) is 5.75 Å². The number of aromatic hydroxyl groups is 1. The standard InChI is InChI=1S/C21H12Cl2F2N2O3/c22-10-3-9(4-12(25)5-10)20(29)26-17-8-13(28)7-15-18(17)19(27-21(15)30)14-6-11(24)1-2-16(14)23/h1-8,19,28H,(H,26,29)(H,27,30). The van der Waals surface area contributed by atoms with Crippen LogP contribution in [0.25, 0.3) is 0 Å². The second-order valence-electron chi connectivity index (χ2n) is 6.64. The van der Waals surface area contributed by atoms with E-state index in [0.29, 0.717) is 5.56 Å². The molecule has 152 valence electrons. The zero-order valence-corrected chi connectivity index (χ0v) is 16.5. The van der Waals surface area contributed by atoms with Crippen LogP contribution >= 0.6 is 23.2 Å². The van der Waals surface area contributed by atoms with Crippen molar-refractivity contribution >= 4 is 40.7 Å². The summed E-state index contributed by atoms with van der Waals surface area (Å²) >= 11 is 12.0. The fraction of sp³-hybridized carbons (Fsp3) is 0.0476. The molecule has 0 spiro atoms. The van der Waals surface area contributed by atoms with E-state index in [4.69, 9.17) is 23.2 Å². The first-order chi connectivity index (χ1) is 14.2. The Kier molecular flexibility index (Phi) is 5.09. The predicted octanol–water partition coefficient (Wildman–Crippen LogP) is 5.06. The minimum Gasteiger partial charge on any atom is -0.508 e. The summed E-state index contributed by atoms with van der Waals surface area (Å²) in [7, 11) is 0. The molecule has 1 heterocycles. The van der Waals surface area contributed by atoms with E-state index in [-0.39, 0.29) is 38.2 Å². The van der Waals surface area contributed by atoms with Crippen LogP contribution in [0.1, 0.15) is 37.9 Å². The Balaban J connectivity index is 1.81. The summed E-state index contributed by atoms with van der Waals surface area (Å²) in [5, 5.41) is 15.5. The second kappa shape index (κ2) is 7.59. The second-order valence-corrected chi connectivity index (χ2v) is 7.48. The largest absolute Gasteiger partial charge is 0.508 e. The number of phenols is 1. The van der Waals surface area contributed by atoms with Gasteiger partial charge in [-0.15, -0.1) is 0 Å². The van der Waals surface area contributed by atoms with Crippen molar-refractivity contribution in [1.82, 2.24) is 5.32 Å². The summed E-state index contributed by atoms with van der Waals surface area (Å²) in [6, 6.07) is 8.61. The molecular formula is C21H12Cl2F2N2O3. The van der Waals surface area contributed by atoms with Gasteiger partial charge in [0.15, 0.2) is 0 Å². The molecular weight excluding hydrogens is 437 g/mol. The summed E-state index contributed by atoms with van der Waals surface area (Å²) in [4.78, 5) is 25.1. The molecule has 0 saturated heterocycles. The number of anilines is 1. The van der Waals surface area contributed by atoms with Crippen molar-refractivity contribution in [2.75, 3.05) is 5.32 Å². The molecule has 3 N–H and O–H groups in total. The third kappa shape index (κ3) is 3.69. The molecule has 0 radical (unpaired) electrons. The molecule has 1 aliphatic heterocycles. The van der Waals surface area contributed by atoms with Gasteiger partial charge in [-0.25, -0.2) is 8.78 Å². The first-order valence-electron chi connectivity index (χ1n) is 8.63. The Labute approximate surface area is 179 Å². The highest BCUT2D eigenvalue weighted by atomic mass is 35.5.